The van der Waals surface area contributed by atoms with Crippen LogP contribution in [-0.4, -0.2) is 22.8 Å². The highest BCUT2D eigenvalue weighted by Crippen LogP contribution is 2.30. The first-order valence-electron chi connectivity index (χ1n) is 5.44. The fourth-order valence-electron chi connectivity index (χ4n) is 2.14. The van der Waals surface area contributed by atoms with Gasteiger partial charge in [0.25, 0.3) is 0 Å². The Morgan fingerprint density at radius 1 is 1.47 bits per heavy atom. The number of rotatable bonds is 2. The van der Waals surface area contributed by atoms with E-state index in [1.54, 1.807) is 11.0 Å². The summed E-state index contributed by atoms with van der Waals surface area (Å²) in [4.78, 5) is 13.6. The van der Waals surface area contributed by atoms with Gasteiger partial charge in [-0.2, -0.15) is 0 Å². The SMILES string of the molecule is C=CC1CC(=O)N(c2cccc3nonc23)C1. The lowest BCUT2D eigenvalue weighted by Gasteiger charge is -2.15. The van der Waals surface area contributed by atoms with Gasteiger partial charge >= 0.3 is 0 Å². The summed E-state index contributed by atoms with van der Waals surface area (Å²) in [5.41, 5.74) is 2.06. The van der Waals surface area contributed by atoms with Gasteiger partial charge in [0.05, 0.1) is 5.69 Å². The Bertz CT molecular complexity index is 590. The van der Waals surface area contributed by atoms with Gasteiger partial charge in [0.15, 0.2) is 5.52 Å². The molecule has 1 aliphatic heterocycles. The van der Waals surface area contributed by atoms with E-state index in [4.69, 9.17) is 4.63 Å². The molecule has 1 amide bonds. The largest absolute Gasteiger partial charge is 0.309 e. The van der Waals surface area contributed by atoms with E-state index in [-0.39, 0.29) is 11.8 Å². The van der Waals surface area contributed by atoms with Crippen LogP contribution in [0.15, 0.2) is 35.5 Å². The summed E-state index contributed by atoms with van der Waals surface area (Å²) in [6.07, 6.45) is 2.32. The van der Waals surface area contributed by atoms with Crippen molar-refractivity contribution in [3.05, 3.63) is 30.9 Å². The average molecular weight is 229 g/mol. The Balaban J connectivity index is 2.07. The smallest absolute Gasteiger partial charge is 0.227 e. The van der Waals surface area contributed by atoms with Crippen molar-refractivity contribution in [2.24, 2.45) is 5.92 Å². The van der Waals surface area contributed by atoms with Gasteiger partial charge in [-0.1, -0.05) is 12.1 Å². The molecular formula is C12H11N3O2. The Hall–Kier alpha value is -2.17. The molecule has 0 saturated carbocycles. The Kier molecular flexibility index (Phi) is 2.18. The lowest BCUT2D eigenvalue weighted by Crippen LogP contribution is -2.24. The van der Waals surface area contributed by atoms with Crippen molar-refractivity contribution in [2.75, 3.05) is 11.4 Å². The van der Waals surface area contributed by atoms with Gasteiger partial charge in [0, 0.05) is 18.9 Å². The highest BCUT2D eigenvalue weighted by molar-refractivity contribution is 6.02. The summed E-state index contributed by atoms with van der Waals surface area (Å²) < 4.78 is 4.70. The lowest BCUT2D eigenvalue weighted by molar-refractivity contribution is -0.117. The molecule has 17 heavy (non-hydrogen) atoms. The molecule has 0 radical (unpaired) electrons. The van der Waals surface area contributed by atoms with Crippen molar-refractivity contribution in [1.82, 2.24) is 10.3 Å². The van der Waals surface area contributed by atoms with Crippen LogP contribution in [0.3, 0.4) is 0 Å². The molecule has 5 heteroatoms. The molecule has 1 fully saturated rings. The van der Waals surface area contributed by atoms with Crippen LogP contribution < -0.4 is 4.90 Å². The third-order valence-electron chi connectivity index (χ3n) is 3.04. The van der Waals surface area contributed by atoms with Gasteiger partial charge in [0.2, 0.25) is 5.91 Å². The number of aromatic nitrogens is 2. The zero-order valence-corrected chi connectivity index (χ0v) is 9.17. The number of benzene rings is 1. The molecule has 0 spiro atoms. The van der Waals surface area contributed by atoms with Crippen molar-refractivity contribution in [2.45, 2.75) is 6.42 Å². The highest BCUT2D eigenvalue weighted by Gasteiger charge is 2.30. The second kappa shape index (κ2) is 3.69. The molecule has 2 heterocycles. The molecule has 0 bridgehead atoms. The van der Waals surface area contributed by atoms with E-state index in [1.807, 2.05) is 18.2 Å². The predicted octanol–water partition coefficient (Wildman–Crippen LogP) is 1.76. The normalized spacial score (nSPS) is 20.1. The number of hydrogen-bond donors (Lipinski definition) is 0. The van der Waals surface area contributed by atoms with Crippen LogP contribution in [0, 0.1) is 5.92 Å². The minimum atomic E-state index is 0.0883. The maximum Gasteiger partial charge on any atom is 0.227 e. The molecule has 2 aromatic rings. The second-order valence-electron chi connectivity index (χ2n) is 4.11. The van der Waals surface area contributed by atoms with Crippen LogP contribution in [0.4, 0.5) is 5.69 Å². The van der Waals surface area contributed by atoms with Gasteiger partial charge < -0.3 is 4.90 Å². The third kappa shape index (κ3) is 1.51. The molecule has 1 saturated heterocycles. The molecule has 1 aromatic carbocycles. The number of anilines is 1. The van der Waals surface area contributed by atoms with Gasteiger partial charge in [-0.05, 0) is 22.4 Å². The number of amides is 1. The summed E-state index contributed by atoms with van der Waals surface area (Å²) >= 11 is 0. The Morgan fingerprint density at radius 3 is 3.12 bits per heavy atom. The van der Waals surface area contributed by atoms with Crippen LogP contribution in [0.2, 0.25) is 0 Å². The molecule has 1 unspecified atom stereocenters. The van der Waals surface area contributed by atoms with E-state index in [2.05, 4.69) is 16.9 Å². The summed E-state index contributed by atoms with van der Waals surface area (Å²) in [6.45, 7) is 4.38. The van der Waals surface area contributed by atoms with E-state index in [9.17, 15) is 4.79 Å². The Morgan fingerprint density at radius 2 is 2.35 bits per heavy atom. The first kappa shape index (κ1) is 10.0. The minimum absolute atomic E-state index is 0.0883. The van der Waals surface area contributed by atoms with Gasteiger partial charge in [-0.15, -0.1) is 6.58 Å². The summed E-state index contributed by atoms with van der Waals surface area (Å²) in [5, 5.41) is 7.61. The van der Waals surface area contributed by atoms with Crippen LogP contribution in [-0.2, 0) is 4.79 Å². The maximum absolute atomic E-state index is 11.9. The summed E-state index contributed by atoms with van der Waals surface area (Å²) in [6, 6.07) is 5.51. The van der Waals surface area contributed by atoms with E-state index < -0.39 is 0 Å². The third-order valence-corrected chi connectivity index (χ3v) is 3.04. The average Bonchev–Trinajstić information content (AvgIpc) is 2.94. The van der Waals surface area contributed by atoms with Crippen molar-refractivity contribution >= 4 is 22.6 Å². The Labute approximate surface area is 97.7 Å². The molecule has 5 nitrogen and oxygen atoms in total. The first-order valence-corrected chi connectivity index (χ1v) is 5.44. The van der Waals surface area contributed by atoms with Crippen molar-refractivity contribution < 1.29 is 9.42 Å². The lowest BCUT2D eigenvalue weighted by atomic mass is 10.1. The monoisotopic (exact) mass is 229 g/mol. The van der Waals surface area contributed by atoms with Crippen LogP contribution >= 0.6 is 0 Å². The fourth-order valence-corrected chi connectivity index (χ4v) is 2.14. The quantitative estimate of drug-likeness (QED) is 0.736. The number of carbonyl (C=O) groups is 1. The number of nitrogens with zero attached hydrogens (tertiary/aromatic N) is 3. The topological polar surface area (TPSA) is 59.2 Å². The van der Waals surface area contributed by atoms with Gasteiger partial charge in [-0.25, -0.2) is 4.63 Å². The zero-order chi connectivity index (χ0) is 11.8. The van der Waals surface area contributed by atoms with E-state index >= 15 is 0 Å². The van der Waals surface area contributed by atoms with Crippen LogP contribution in [0.5, 0.6) is 0 Å². The molecule has 3 rings (SSSR count). The molecule has 0 aliphatic carbocycles. The number of fused-ring (bicyclic) bond motifs is 1. The van der Waals surface area contributed by atoms with E-state index in [0.29, 0.717) is 24.0 Å². The first-order chi connectivity index (χ1) is 8.29. The summed E-state index contributed by atoms with van der Waals surface area (Å²) in [7, 11) is 0. The minimum Gasteiger partial charge on any atom is -0.309 e. The second-order valence-corrected chi connectivity index (χ2v) is 4.11. The number of hydrogen-bond acceptors (Lipinski definition) is 4. The zero-order valence-electron chi connectivity index (χ0n) is 9.17. The maximum atomic E-state index is 11.9. The van der Waals surface area contributed by atoms with Crippen LogP contribution in [0.25, 0.3) is 11.0 Å². The molecule has 1 aliphatic rings. The highest BCUT2D eigenvalue weighted by atomic mass is 16.6. The van der Waals surface area contributed by atoms with E-state index in [1.165, 1.54) is 0 Å². The van der Waals surface area contributed by atoms with Crippen molar-refractivity contribution in [3.63, 3.8) is 0 Å². The van der Waals surface area contributed by atoms with Crippen LogP contribution in [0.1, 0.15) is 6.42 Å². The van der Waals surface area contributed by atoms with Gasteiger partial charge in [0.1, 0.15) is 5.52 Å². The molecular weight excluding hydrogens is 218 g/mol. The number of carbonyl (C=O) groups excluding carboxylic acids is 1. The van der Waals surface area contributed by atoms with Crippen molar-refractivity contribution in [3.8, 4) is 0 Å². The molecule has 86 valence electrons. The molecule has 1 atom stereocenters. The fraction of sp³-hybridized carbons (Fsp3) is 0.250. The van der Waals surface area contributed by atoms with Crippen molar-refractivity contribution in [1.29, 1.82) is 0 Å². The standard InChI is InChI=1S/C12H11N3O2/c1-2-8-6-11(16)15(7-8)10-5-3-4-9-12(10)14-17-13-9/h2-5,8H,1,6-7H2. The molecule has 0 N–H and O–H groups in total. The van der Waals surface area contributed by atoms with E-state index in [0.717, 1.165) is 5.69 Å². The van der Waals surface area contributed by atoms with Gasteiger partial charge in [-0.3, -0.25) is 4.79 Å². The predicted molar refractivity (Wildman–Crippen MR) is 62.5 cm³/mol. The summed E-state index contributed by atoms with van der Waals surface area (Å²) in [5.74, 6) is 0.294. The molecule has 1 aromatic heterocycles.